The van der Waals surface area contributed by atoms with E-state index < -0.39 is 0 Å². The highest BCUT2D eigenvalue weighted by molar-refractivity contribution is 5.92. The van der Waals surface area contributed by atoms with Crippen molar-refractivity contribution in [1.82, 2.24) is 24.3 Å². The van der Waals surface area contributed by atoms with Crippen LogP contribution < -0.4 is 10.6 Å². The number of para-hydroxylation sites is 1. The topological polar surface area (TPSA) is 89.7 Å². The summed E-state index contributed by atoms with van der Waals surface area (Å²) in [7, 11) is 0. The summed E-state index contributed by atoms with van der Waals surface area (Å²) < 4.78 is 3.60. The molecule has 2 aromatic carbocycles. The third kappa shape index (κ3) is 4.13. The van der Waals surface area contributed by atoms with Crippen molar-refractivity contribution in [3.8, 4) is 5.82 Å². The van der Waals surface area contributed by atoms with Crippen molar-refractivity contribution in [3.05, 3.63) is 91.6 Å². The van der Waals surface area contributed by atoms with Crippen molar-refractivity contribution >= 4 is 34.0 Å². The Morgan fingerprint density at radius 1 is 0.903 bits per heavy atom. The molecule has 8 nitrogen and oxygen atoms in total. The number of benzene rings is 2. The highest BCUT2D eigenvalue weighted by Gasteiger charge is 2.07. The van der Waals surface area contributed by atoms with Gasteiger partial charge < -0.3 is 15.2 Å². The predicted octanol–water partition coefficient (Wildman–Crippen LogP) is 4.00. The van der Waals surface area contributed by atoms with E-state index in [1.807, 2.05) is 83.7 Å². The molecule has 3 heterocycles. The number of hydrogen-bond acceptors (Lipinski definition) is 5. The number of anilines is 3. The van der Waals surface area contributed by atoms with Crippen LogP contribution in [0, 0.1) is 0 Å². The number of carbonyl (C=O) groups excluding carboxylic acids is 1. The SMILES string of the molecule is O=C(Cn1ccc2ccccc21)Nc1ccc(Nc2cc(-n3cccn3)ncn2)cc1. The zero-order valence-electron chi connectivity index (χ0n) is 16.5. The minimum atomic E-state index is -0.0817. The van der Waals surface area contributed by atoms with Crippen molar-refractivity contribution in [2.75, 3.05) is 10.6 Å². The van der Waals surface area contributed by atoms with E-state index in [9.17, 15) is 4.79 Å². The van der Waals surface area contributed by atoms with Crippen molar-refractivity contribution in [2.24, 2.45) is 0 Å². The fraction of sp³-hybridized carbons (Fsp3) is 0.0435. The molecule has 0 radical (unpaired) electrons. The Labute approximate surface area is 178 Å². The first-order valence-corrected chi connectivity index (χ1v) is 9.77. The lowest BCUT2D eigenvalue weighted by Crippen LogP contribution is -2.18. The minimum absolute atomic E-state index is 0.0817. The van der Waals surface area contributed by atoms with Crippen molar-refractivity contribution in [3.63, 3.8) is 0 Å². The van der Waals surface area contributed by atoms with Crippen LogP contribution in [0.5, 0.6) is 0 Å². The third-order valence-electron chi connectivity index (χ3n) is 4.83. The van der Waals surface area contributed by atoms with Crippen LogP contribution in [-0.2, 0) is 11.3 Å². The second-order valence-electron chi connectivity index (χ2n) is 6.97. The molecule has 8 heteroatoms. The molecule has 0 spiro atoms. The fourth-order valence-electron chi connectivity index (χ4n) is 3.36. The first-order chi connectivity index (χ1) is 15.2. The van der Waals surface area contributed by atoms with Crippen molar-refractivity contribution in [1.29, 1.82) is 0 Å². The maximum Gasteiger partial charge on any atom is 0.244 e. The smallest absolute Gasteiger partial charge is 0.244 e. The average Bonchev–Trinajstić information content (AvgIpc) is 3.46. The molecule has 0 unspecified atom stereocenters. The Hall–Kier alpha value is -4.46. The van der Waals surface area contributed by atoms with E-state index in [4.69, 9.17) is 0 Å². The quantitative estimate of drug-likeness (QED) is 0.442. The molecule has 3 aromatic heterocycles. The van der Waals surface area contributed by atoms with Crippen LogP contribution in [0.25, 0.3) is 16.7 Å². The normalized spacial score (nSPS) is 10.8. The van der Waals surface area contributed by atoms with Crippen LogP contribution >= 0.6 is 0 Å². The van der Waals surface area contributed by atoms with Gasteiger partial charge in [0.15, 0.2) is 5.82 Å². The molecule has 0 aliphatic rings. The second kappa shape index (κ2) is 8.11. The first-order valence-electron chi connectivity index (χ1n) is 9.77. The Morgan fingerprint density at radius 3 is 2.58 bits per heavy atom. The van der Waals surface area contributed by atoms with Gasteiger partial charge in [-0.2, -0.15) is 5.10 Å². The molecule has 0 atom stereocenters. The summed E-state index contributed by atoms with van der Waals surface area (Å²) in [6.07, 6.45) is 6.93. The summed E-state index contributed by atoms with van der Waals surface area (Å²) in [6, 6.07) is 21.1. The van der Waals surface area contributed by atoms with Gasteiger partial charge in [-0.1, -0.05) is 18.2 Å². The van der Waals surface area contributed by atoms with Crippen LogP contribution in [0.2, 0.25) is 0 Å². The lowest BCUT2D eigenvalue weighted by Gasteiger charge is -2.10. The van der Waals surface area contributed by atoms with Gasteiger partial charge >= 0.3 is 0 Å². The molecule has 0 saturated heterocycles. The Kier molecular flexibility index (Phi) is 4.86. The number of amides is 1. The molecule has 0 fully saturated rings. The lowest BCUT2D eigenvalue weighted by molar-refractivity contribution is -0.116. The monoisotopic (exact) mass is 409 g/mol. The molecule has 0 aliphatic heterocycles. The van der Waals surface area contributed by atoms with Gasteiger partial charge in [-0.05, 0) is 47.9 Å². The zero-order valence-corrected chi connectivity index (χ0v) is 16.5. The van der Waals surface area contributed by atoms with Crippen LogP contribution in [0.4, 0.5) is 17.2 Å². The number of fused-ring (bicyclic) bond motifs is 1. The maximum absolute atomic E-state index is 12.5. The van der Waals surface area contributed by atoms with Gasteiger partial charge in [0.1, 0.15) is 18.7 Å². The van der Waals surface area contributed by atoms with E-state index in [-0.39, 0.29) is 12.5 Å². The van der Waals surface area contributed by atoms with Gasteiger partial charge in [0.2, 0.25) is 5.91 Å². The maximum atomic E-state index is 12.5. The number of nitrogens with zero attached hydrogens (tertiary/aromatic N) is 5. The highest BCUT2D eigenvalue weighted by Crippen LogP contribution is 2.19. The first kappa shape index (κ1) is 18.6. The van der Waals surface area contributed by atoms with Crippen LogP contribution in [0.1, 0.15) is 0 Å². The van der Waals surface area contributed by atoms with Gasteiger partial charge in [0, 0.05) is 41.5 Å². The number of rotatable bonds is 6. The number of aromatic nitrogens is 5. The van der Waals surface area contributed by atoms with Crippen molar-refractivity contribution in [2.45, 2.75) is 6.54 Å². The summed E-state index contributed by atoms with van der Waals surface area (Å²) >= 11 is 0. The van der Waals surface area contributed by atoms with E-state index in [1.165, 1.54) is 6.33 Å². The molecule has 2 N–H and O–H groups in total. The molecule has 0 saturated carbocycles. The van der Waals surface area contributed by atoms with E-state index in [1.54, 1.807) is 10.9 Å². The largest absolute Gasteiger partial charge is 0.340 e. The predicted molar refractivity (Wildman–Crippen MR) is 119 cm³/mol. The van der Waals surface area contributed by atoms with Crippen LogP contribution in [0.15, 0.2) is 91.6 Å². The summed E-state index contributed by atoms with van der Waals surface area (Å²) in [6.45, 7) is 0.255. The molecule has 152 valence electrons. The molecular weight excluding hydrogens is 390 g/mol. The zero-order chi connectivity index (χ0) is 21.0. The highest BCUT2D eigenvalue weighted by atomic mass is 16.1. The summed E-state index contributed by atoms with van der Waals surface area (Å²) in [5.41, 5.74) is 2.61. The fourth-order valence-corrected chi connectivity index (χ4v) is 3.36. The van der Waals surface area contributed by atoms with Gasteiger partial charge in [-0.15, -0.1) is 0 Å². The Morgan fingerprint density at radius 2 is 1.74 bits per heavy atom. The molecule has 0 aliphatic carbocycles. The molecule has 1 amide bonds. The number of carbonyl (C=O) groups is 1. The van der Waals surface area contributed by atoms with E-state index >= 15 is 0 Å². The number of hydrogen-bond donors (Lipinski definition) is 2. The standard InChI is InChI=1S/C23H19N7O/c31-23(15-29-13-10-17-4-1-2-5-20(17)29)28-19-8-6-18(7-9-19)27-21-14-22(25-16-24-21)30-12-3-11-26-30/h1-14,16H,15H2,(H,28,31)(H,24,25,27). The average molecular weight is 409 g/mol. The Bertz CT molecular complexity index is 1320. The van der Waals surface area contributed by atoms with Crippen LogP contribution in [0.3, 0.4) is 0 Å². The minimum Gasteiger partial charge on any atom is -0.340 e. The van der Waals surface area contributed by atoms with Gasteiger partial charge in [0.05, 0.1) is 0 Å². The molecule has 5 rings (SSSR count). The molecule has 31 heavy (non-hydrogen) atoms. The molecule has 5 aromatic rings. The lowest BCUT2D eigenvalue weighted by atomic mass is 10.2. The summed E-state index contributed by atoms with van der Waals surface area (Å²) in [5, 5.41) is 11.5. The van der Waals surface area contributed by atoms with E-state index in [0.29, 0.717) is 11.6 Å². The summed E-state index contributed by atoms with van der Waals surface area (Å²) in [4.78, 5) is 20.9. The van der Waals surface area contributed by atoms with Crippen LogP contribution in [-0.4, -0.2) is 30.2 Å². The van der Waals surface area contributed by atoms with Gasteiger partial charge in [-0.25, -0.2) is 14.6 Å². The molecule has 0 bridgehead atoms. The van der Waals surface area contributed by atoms with E-state index in [0.717, 1.165) is 22.3 Å². The molecular formula is C23H19N7O. The van der Waals surface area contributed by atoms with Gasteiger partial charge in [0.25, 0.3) is 0 Å². The number of nitrogens with one attached hydrogen (secondary N) is 2. The summed E-state index contributed by atoms with van der Waals surface area (Å²) in [5.74, 6) is 1.24. The second-order valence-corrected chi connectivity index (χ2v) is 6.97. The van der Waals surface area contributed by atoms with Crippen molar-refractivity contribution < 1.29 is 4.79 Å². The third-order valence-corrected chi connectivity index (χ3v) is 4.83. The Balaban J connectivity index is 1.23. The van der Waals surface area contributed by atoms with Gasteiger partial charge in [-0.3, -0.25) is 4.79 Å². The van der Waals surface area contributed by atoms with E-state index in [2.05, 4.69) is 25.7 Å².